The van der Waals surface area contributed by atoms with E-state index < -0.39 is 11.6 Å². The van der Waals surface area contributed by atoms with Crippen LogP contribution in [0.25, 0.3) is 0 Å². The van der Waals surface area contributed by atoms with Gasteiger partial charge in [0.1, 0.15) is 0 Å². The lowest BCUT2D eigenvalue weighted by Gasteiger charge is -2.18. The molecule has 1 heterocycles. The molecule has 0 aliphatic rings. The molecule has 7 nitrogen and oxygen atoms in total. The number of aromatic amines is 1. The van der Waals surface area contributed by atoms with Gasteiger partial charge in [-0.2, -0.15) is 5.10 Å². The van der Waals surface area contributed by atoms with Crippen LogP contribution >= 0.6 is 0 Å². The molecule has 0 fully saturated rings. The number of carboxylic acid groups (broad SMARTS) is 1. The van der Waals surface area contributed by atoms with Gasteiger partial charge in [0, 0.05) is 11.3 Å². The molecule has 0 bridgehead atoms. The summed E-state index contributed by atoms with van der Waals surface area (Å²) in [7, 11) is 0. The Morgan fingerprint density at radius 1 is 1.44 bits per heavy atom. The largest absolute Gasteiger partial charge is 0.479 e. The molecular weight excluding hydrogens is 238 g/mol. The fraction of sp³-hybridized carbons (Fsp3) is 0.545. The number of aliphatic carboxylic acids is 1. The molecule has 0 aliphatic carbocycles. The fourth-order valence-corrected chi connectivity index (χ4v) is 1.40. The van der Waals surface area contributed by atoms with E-state index in [4.69, 9.17) is 5.11 Å². The van der Waals surface area contributed by atoms with E-state index in [2.05, 4.69) is 15.5 Å². The van der Waals surface area contributed by atoms with Crippen LogP contribution in [0.1, 0.15) is 23.9 Å². The van der Waals surface area contributed by atoms with Crippen LogP contribution < -0.4 is 5.32 Å². The van der Waals surface area contributed by atoms with Crippen LogP contribution in [0, 0.1) is 13.8 Å². The number of aromatic nitrogens is 2. The first-order valence-electron chi connectivity index (χ1n) is 5.47. The zero-order valence-corrected chi connectivity index (χ0v) is 10.6. The Morgan fingerprint density at radius 2 is 2.06 bits per heavy atom. The second-order valence-corrected chi connectivity index (χ2v) is 4.45. The number of hydrogen-bond acceptors (Lipinski definition) is 4. The first-order valence-corrected chi connectivity index (χ1v) is 5.47. The lowest BCUT2D eigenvalue weighted by Crippen LogP contribution is -2.46. The predicted octanol–water partition coefficient (Wildman–Crippen LogP) is -0.479. The summed E-state index contributed by atoms with van der Waals surface area (Å²) in [5.74, 6) is -1.73. The Morgan fingerprint density at radius 3 is 2.50 bits per heavy atom. The van der Waals surface area contributed by atoms with Crippen molar-refractivity contribution in [3.8, 4) is 0 Å². The molecule has 1 atom stereocenters. The molecule has 0 spiro atoms. The zero-order valence-electron chi connectivity index (χ0n) is 10.6. The van der Waals surface area contributed by atoms with E-state index in [1.54, 1.807) is 13.8 Å². The van der Waals surface area contributed by atoms with Crippen LogP contribution in [-0.2, 0) is 16.0 Å². The molecule has 1 rings (SSSR count). The Bertz CT molecular complexity index is 445. The molecule has 0 aromatic carbocycles. The maximum Gasteiger partial charge on any atom is 0.337 e. The minimum absolute atomic E-state index is 0.101. The van der Waals surface area contributed by atoms with Gasteiger partial charge in [-0.05, 0) is 20.8 Å². The molecule has 0 saturated heterocycles. The third-order valence-electron chi connectivity index (χ3n) is 2.71. The molecule has 1 unspecified atom stereocenters. The summed E-state index contributed by atoms with van der Waals surface area (Å²) in [6.07, 6.45) is 0.101. The number of rotatable bonds is 5. The number of aliphatic hydroxyl groups is 1. The number of nitrogens with zero attached hydrogens (tertiary/aromatic N) is 1. The van der Waals surface area contributed by atoms with Crippen LogP contribution in [0.15, 0.2) is 0 Å². The fourth-order valence-electron chi connectivity index (χ4n) is 1.40. The van der Waals surface area contributed by atoms with Gasteiger partial charge in [-0.3, -0.25) is 9.89 Å². The number of H-pyrrole nitrogens is 1. The standard InChI is InChI=1S/C11H17N3O4/c1-6-8(7(2)14-13-6)4-9(15)12-5-11(3,18)10(16)17/h18H,4-5H2,1-3H3,(H,12,15)(H,13,14)(H,16,17). The smallest absolute Gasteiger partial charge is 0.337 e. The minimum Gasteiger partial charge on any atom is -0.479 e. The summed E-state index contributed by atoms with van der Waals surface area (Å²) < 4.78 is 0. The maximum atomic E-state index is 11.6. The van der Waals surface area contributed by atoms with Gasteiger partial charge in [-0.15, -0.1) is 0 Å². The minimum atomic E-state index is -1.96. The number of amides is 1. The van der Waals surface area contributed by atoms with Gasteiger partial charge >= 0.3 is 5.97 Å². The summed E-state index contributed by atoms with van der Waals surface area (Å²) in [6, 6.07) is 0. The molecule has 1 amide bonds. The molecule has 1 aromatic rings. The van der Waals surface area contributed by atoms with Crippen molar-refractivity contribution in [1.29, 1.82) is 0 Å². The highest BCUT2D eigenvalue weighted by atomic mass is 16.4. The third kappa shape index (κ3) is 3.30. The van der Waals surface area contributed by atoms with Gasteiger partial charge in [0.25, 0.3) is 0 Å². The number of carboxylic acids is 1. The summed E-state index contributed by atoms with van der Waals surface area (Å²) in [6.45, 7) is 4.37. The molecular formula is C11H17N3O4. The van der Waals surface area contributed by atoms with Gasteiger partial charge in [0.2, 0.25) is 5.91 Å². The monoisotopic (exact) mass is 255 g/mol. The molecule has 0 aliphatic heterocycles. The van der Waals surface area contributed by atoms with Crippen LogP contribution in [-0.4, -0.2) is 44.4 Å². The maximum absolute atomic E-state index is 11.6. The van der Waals surface area contributed by atoms with Crippen molar-refractivity contribution in [2.45, 2.75) is 32.8 Å². The van der Waals surface area contributed by atoms with Crippen molar-refractivity contribution in [2.75, 3.05) is 6.54 Å². The lowest BCUT2D eigenvalue weighted by atomic mass is 10.1. The van der Waals surface area contributed by atoms with E-state index in [9.17, 15) is 14.7 Å². The molecule has 18 heavy (non-hydrogen) atoms. The van der Waals surface area contributed by atoms with Crippen LogP contribution in [0.3, 0.4) is 0 Å². The second kappa shape index (κ2) is 5.18. The normalized spacial score (nSPS) is 14.0. The van der Waals surface area contributed by atoms with Crippen molar-refractivity contribution in [3.63, 3.8) is 0 Å². The molecule has 1 aromatic heterocycles. The molecule has 0 radical (unpaired) electrons. The Balaban J connectivity index is 2.56. The van der Waals surface area contributed by atoms with Crippen molar-refractivity contribution >= 4 is 11.9 Å². The van der Waals surface area contributed by atoms with E-state index in [0.717, 1.165) is 23.9 Å². The van der Waals surface area contributed by atoms with E-state index >= 15 is 0 Å². The SMILES string of the molecule is Cc1n[nH]c(C)c1CC(=O)NCC(C)(O)C(=O)O. The third-order valence-corrected chi connectivity index (χ3v) is 2.71. The van der Waals surface area contributed by atoms with Crippen molar-refractivity contribution in [1.82, 2.24) is 15.5 Å². The average molecular weight is 255 g/mol. The zero-order chi connectivity index (χ0) is 13.9. The average Bonchev–Trinajstić information content (AvgIpc) is 2.58. The molecule has 4 N–H and O–H groups in total. The van der Waals surface area contributed by atoms with Gasteiger partial charge < -0.3 is 15.5 Å². The summed E-state index contributed by atoms with van der Waals surface area (Å²) in [5, 5.41) is 27.2. The van der Waals surface area contributed by atoms with E-state index in [0.29, 0.717) is 0 Å². The van der Waals surface area contributed by atoms with Crippen LogP contribution in [0.5, 0.6) is 0 Å². The molecule has 7 heteroatoms. The van der Waals surface area contributed by atoms with E-state index in [-0.39, 0.29) is 18.9 Å². The first kappa shape index (κ1) is 14.2. The summed E-state index contributed by atoms with van der Waals surface area (Å²) in [5.41, 5.74) is 0.346. The highest BCUT2D eigenvalue weighted by molar-refractivity contribution is 5.81. The Hall–Kier alpha value is -1.89. The van der Waals surface area contributed by atoms with E-state index in [1.165, 1.54) is 0 Å². The number of carbonyl (C=O) groups excluding carboxylic acids is 1. The van der Waals surface area contributed by atoms with E-state index in [1.807, 2.05) is 0 Å². The molecule has 0 saturated carbocycles. The van der Waals surface area contributed by atoms with Crippen molar-refractivity contribution in [2.24, 2.45) is 0 Å². The Labute approximate surface area is 104 Å². The van der Waals surface area contributed by atoms with Crippen LogP contribution in [0.2, 0.25) is 0 Å². The number of carbonyl (C=O) groups is 2. The van der Waals surface area contributed by atoms with Gasteiger partial charge in [0.05, 0.1) is 18.7 Å². The van der Waals surface area contributed by atoms with Gasteiger partial charge in [-0.25, -0.2) is 4.79 Å². The number of nitrogens with one attached hydrogen (secondary N) is 2. The van der Waals surface area contributed by atoms with Gasteiger partial charge in [-0.1, -0.05) is 0 Å². The number of aryl methyl sites for hydroxylation is 2. The van der Waals surface area contributed by atoms with Gasteiger partial charge in [0.15, 0.2) is 5.60 Å². The predicted molar refractivity (Wildman–Crippen MR) is 63.0 cm³/mol. The van der Waals surface area contributed by atoms with Crippen molar-refractivity contribution < 1.29 is 19.8 Å². The number of hydrogen-bond donors (Lipinski definition) is 4. The topological polar surface area (TPSA) is 115 Å². The lowest BCUT2D eigenvalue weighted by molar-refractivity contribution is -0.156. The second-order valence-electron chi connectivity index (χ2n) is 4.45. The molecule has 100 valence electrons. The highest BCUT2D eigenvalue weighted by Crippen LogP contribution is 2.10. The van der Waals surface area contributed by atoms with Crippen molar-refractivity contribution in [3.05, 3.63) is 17.0 Å². The quantitative estimate of drug-likeness (QED) is 0.567. The first-order chi connectivity index (χ1) is 8.24. The van der Waals surface area contributed by atoms with Crippen LogP contribution in [0.4, 0.5) is 0 Å². The highest BCUT2D eigenvalue weighted by Gasteiger charge is 2.30. The summed E-state index contributed by atoms with van der Waals surface area (Å²) in [4.78, 5) is 22.3. The Kier molecular flexibility index (Phi) is 4.07. The summed E-state index contributed by atoms with van der Waals surface area (Å²) >= 11 is 0.